The van der Waals surface area contributed by atoms with Crippen LogP contribution in [-0.2, 0) is 0 Å². The Labute approximate surface area is 108 Å². The summed E-state index contributed by atoms with van der Waals surface area (Å²) >= 11 is 1.81. The molecule has 1 aromatic carbocycles. The van der Waals surface area contributed by atoms with Gasteiger partial charge in [0.2, 0.25) is 0 Å². The van der Waals surface area contributed by atoms with Gasteiger partial charge in [0, 0.05) is 10.9 Å². The van der Waals surface area contributed by atoms with Crippen LogP contribution in [0, 0.1) is 5.82 Å². The minimum atomic E-state index is -0.147. The summed E-state index contributed by atoms with van der Waals surface area (Å²) in [4.78, 5) is 1.20. The van der Waals surface area contributed by atoms with Crippen LogP contribution in [0.5, 0.6) is 0 Å². The van der Waals surface area contributed by atoms with Gasteiger partial charge in [0.15, 0.2) is 0 Å². The van der Waals surface area contributed by atoms with Gasteiger partial charge in [-0.1, -0.05) is 13.8 Å². The maximum absolute atomic E-state index is 13.3. The first-order chi connectivity index (χ1) is 8.19. The van der Waals surface area contributed by atoms with Gasteiger partial charge in [-0.25, -0.2) is 4.39 Å². The Bertz CT molecular complexity index is 341. The second-order valence-electron chi connectivity index (χ2n) is 4.21. The fraction of sp³-hybridized carbons (Fsp3) is 0.571. The summed E-state index contributed by atoms with van der Waals surface area (Å²) in [5, 5.41) is 3.41. The van der Waals surface area contributed by atoms with Crippen LogP contribution in [0.25, 0.3) is 0 Å². The van der Waals surface area contributed by atoms with Crippen molar-refractivity contribution in [1.82, 2.24) is 5.32 Å². The second kappa shape index (κ2) is 7.72. The Morgan fingerprint density at radius 1 is 1.29 bits per heavy atom. The predicted molar refractivity (Wildman–Crippen MR) is 74.1 cm³/mol. The number of halogens is 1. The van der Waals surface area contributed by atoms with Crippen molar-refractivity contribution in [2.45, 2.75) is 44.6 Å². The van der Waals surface area contributed by atoms with Gasteiger partial charge in [-0.15, -0.1) is 11.8 Å². The molecule has 0 saturated carbocycles. The molecule has 1 atom stereocenters. The molecule has 0 radical (unpaired) electrons. The van der Waals surface area contributed by atoms with Crippen LogP contribution < -0.4 is 5.32 Å². The van der Waals surface area contributed by atoms with E-state index in [1.165, 1.54) is 4.90 Å². The van der Waals surface area contributed by atoms with E-state index in [1.807, 2.05) is 17.8 Å². The molecular formula is C14H22FNS. The molecule has 1 N–H and O–H groups in total. The molecule has 0 fully saturated rings. The Morgan fingerprint density at radius 2 is 2.06 bits per heavy atom. The third kappa shape index (κ3) is 4.68. The van der Waals surface area contributed by atoms with Gasteiger partial charge in [0.05, 0.1) is 0 Å². The summed E-state index contributed by atoms with van der Waals surface area (Å²) in [7, 11) is 0. The molecule has 0 aliphatic rings. The Hall–Kier alpha value is -0.540. The number of benzene rings is 1. The summed E-state index contributed by atoms with van der Waals surface area (Å²) in [6.45, 7) is 7.36. The van der Waals surface area contributed by atoms with Crippen molar-refractivity contribution in [2.75, 3.05) is 12.3 Å². The maximum atomic E-state index is 13.3. The highest BCUT2D eigenvalue weighted by Gasteiger charge is 2.11. The molecule has 0 aliphatic carbocycles. The fourth-order valence-corrected chi connectivity index (χ4v) is 2.66. The van der Waals surface area contributed by atoms with E-state index in [2.05, 4.69) is 26.1 Å². The predicted octanol–water partition coefficient (Wildman–Crippen LogP) is 4.39. The van der Waals surface area contributed by atoms with E-state index in [-0.39, 0.29) is 11.9 Å². The van der Waals surface area contributed by atoms with E-state index in [9.17, 15) is 4.39 Å². The molecule has 0 saturated heterocycles. The largest absolute Gasteiger partial charge is 0.310 e. The van der Waals surface area contributed by atoms with Crippen LogP contribution in [0.3, 0.4) is 0 Å². The van der Waals surface area contributed by atoms with E-state index in [0.29, 0.717) is 0 Å². The van der Waals surface area contributed by atoms with E-state index in [1.54, 1.807) is 12.1 Å². The molecule has 1 nitrogen and oxygen atoms in total. The standard InChI is InChI=1S/C14H22FNS/c1-4-8-16-11(3)13-10-12(15)6-7-14(13)17-9-5-2/h6-7,10-11,16H,4-5,8-9H2,1-3H3. The lowest BCUT2D eigenvalue weighted by atomic mass is 10.1. The lowest BCUT2D eigenvalue weighted by molar-refractivity contribution is 0.554. The van der Waals surface area contributed by atoms with Gasteiger partial charge in [-0.2, -0.15) is 0 Å². The lowest BCUT2D eigenvalue weighted by Gasteiger charge is -2.17. The van der Waals surface area contributed by atoms with E-state index in [0.717, 1.165) is 30.7 Å². The summed E-state index contributed by atoms with van der Waals surface area (Å²) in [6, 6.07) is 5.32. The molecule has 0 aliphatic heterocycles. The molecule has 96 valence electrons. The van der Waals surface area contributed by atoms with Crippen molar-refractivity contribution in [2.24, 2.45) is 0 Å². The van der Waals surface area contributed by atoms with E-state index >= 15 is 0 Å². The van der Waals surface area contributed by atoms with Gasteiger partial charge >= 0.3 is 0 Å². The average Bonchev–Trinajstić information content (AvgIpc) is 2.34. The molecule has 1 rings (SSSR count). The fourth-order valence-electron chi connectivity index (χ4n) is 1.67. The van der Waals surface area contributed by atoms with Crippen LogP contribution >= 0.6 is 11.8 Å². The molecule has 0 spiro atoms. The highest BCUT2D eigenvalue weighted by molar-refractivity contribution is 7.99. The number of hydrogen-bond donors (Lipinski definition) is 1. The smallest absolute Gasteiger partial charge is 0.123 e. The van der Waals surface area contributed by atoms with Crippen molar-refractivity contribution in [3.8, 4) is 0 Å². The number of nitrogens with one attached hydrogen (secondary N) is 1. The third-order valence-corrected chi connectivity index (χ3v) is 3.90. The van der Waals surface area contributed by atoms with Crippen molar-refractivity contribution in [3.05, 3.63) is 29.6 Å². The lowest BCUT2D eigenvalue weighted by Crippen LogP contribution is -2.20. The van der Waals surface area contributed by atoms with Crippen LogP contribution in [0.2, 0.25) is 0 Å². The average molecular weight is 255 g/mol. The number of rotatable bonds is 7. The third-order valence-electron chi connectivity index (χ3n) is 2.60. The molecular weight excluding hydrogens is 233 g/mol. The molecule has 0 bridgehead atoms. The monoisotopic (exact) mass is 255 g/mol. The van der Waals surface area contributed by atoms with Crippen molar-refractivity contribution >= 4 is 11.8 Å². The Kier molecular flexibility index (Phi) is 6.60. The van der Waals surface area contributed by atoms with E-state index < -0.39 is 0 Å². The van der Waals surface area contributed by atoms with Crippen LogP contribution in [-0.4, -0.2) is 12.3 Å². The molecule has 1 unspecified atom stereocenters. The minimum Gasteiger partial charge on any atom is -0.310 e. The first-order valence-corrected chi connectivity index (χ1v) is 7.33. The Morgan fingerprint density at radius 3 is 2.71 bits per heavy atom. The van der Waals surface area contributed by atoms with Crippen molar-refractivity contribution < 1.29 is 4.39 Å². The molecule has 0 amide bonds. The zero-order valence-corrected chi connectivity index (χ0v) is 11.7. The number of hydrogen-bond acceptors (Lipinski definition) is 2. The highest BCUT2D eigenvalue weighted by atomic mass is 32.2. The van der Waals surface area contributed by atoms with Crippen LogP contribution in [0.15, 0.2) is 23.1 Å². The first-order valence-electron chi connectivity index (χ1n) is 6.34. The quantitative estimate of drug-likeness (QED) is 0.725. The molecule has 0 heterocycles. The maximum Gasteiger partial charge on any atom is 0.123 e. The van der Waals surface area contributed by atoms with Gasteiger partial charge in [-0.3, -0.25) is 0 Å². The second-order valence-corrected chi connectivity index (χ2v) is 5.34. The molecule has 3 heteroatoms. The van der Waals surface area contributed by atoms with Gasteiger partial charge in [-0.05, 0) is 55.8 Å². The molecule has 1 aromatic rings. The SMILES string of the molecule is CCCNC(C)c1cc(F)ccc1SCCC. The van der Waals surface area contributed by atoms with E-state index in [4.69, 9.17) is 0 Å². The normalized spacial score (nSPS) is 12.7. The minimum absolute atomic E-state index is 0.147. The molecule has 0 aromatic heterocycles. The zero-order valence-electron chi connectivity index (χ0n) is 10.9. The molecule has 17 heavy (non-hydrogen) atoms. The topological polar surface area (TPSA) is 12.0 Å². The summed E-state index contributed by atoms with van der Waals surface area (Å²) in [5.41, 5.74) is 1.08. The highest BCUT2D eigenvalue weighted by Crippen LogP contribution is 2.28. The van der Waals surface area contributed by atoms with Crippen molar-refractivity contribution in [1.29, 1.82) is 0 Å². The van der Waals surface area contributed by atoms with Gasteiger partial charge in [0.1, 0.15) is 5.82 Å². The summed E-state index contributed by atoms with van der Waals surface area (Å²) in [6.07, 6.45) is 2.23. The zero-order chi connectivity index (χ0) is 12.7. The summed E-state index contributed by atoms with van der Waals surface area (Å²) < 4.78 is 13.3. The van der Waals surface area contributed by atoms with Gasteiger partial charge < -0.3 is 5.32 Å². The summed E-state index contributed by atoms with van der Waals surface area (Å²) in [5.74, 6) is 0.935. The van der Waals surface area contributed by atoms with Crippen molar-refractivity contribution in [3.63, 3.8) is 0 Å². The first kappa shape index (κ1) is 14.5. The van der Waals surface area contributed by atoms with Crippen LogP contribution in [0.4, 0.5) is 4.39 Å². The number of thioether (sulfide) groups is 1. The van der Waals surface area contributed by atoms with Gasteiger partial charge in [0.25, 0.3) is 0 Å². The van der Waals surface area contributed by atoms with Crippen LogP contribution in [0.1, 0.15) is 45.2 Å². The Balaban J connectivity index is 2.81.